The van der Waals surface area contributed by atoms with E-state index in [4.69, 9.17) is 9.47 Å². The fourth-order valence-electron chi connectivity index (χ4n) is 1.86. The van der Waals surface area contributed by atoms with Gasteiger partial charge < -0.3 is 24.8 Å². The molecule has 5 atom stereocenters. The van der Waals surface area contributed by atoms with Crippen molar-refractivity contribution in [3.63, 3.8) is 0 Å². The first kappa shape index (κ1) is 13.3. The normalized spacial score (nSPS) is 36.4. The molecule has 1 aromatic carbocycles. The van der Waals surface area contributed by atoms with Crippen molar-refractivity contribution in [1.82, 2.24) is 0 Å². The molecule has 100 valence electrons. The molecule has 5 heteroatoms. The highest BCUT2D eigenvalue weighted by Crippen LogP contribution is 2.24. The zero-order valence-corrected chi connectivity index (χ0v) is 10.4. The van der Waals surface area contributed by atoms with Crippen LogP contribution in [0.1, 0.15) is 12.5 Å². The Labute approximate surface area is 106 Å². The van der Waals surface area contributed by atoms with E-state index in [0.717, 1.165) is 5.56 Å². The Balaban J connectivity index is 2.06. The number of benzene rings is 1. The molecular weight excluding hydrogens is 236 g/mol. The van der Waals surface area contributed by atoms with E-state index in [1.165, 1.54) is 0 Å². The maximum atomic E-state index is 9.78. The van der Waals surface area contributed by atoms with Gasteiger partial charge in [-0.05, 0) is 26.0 Å². The van der Waals surface area contributed by atoms with Crippen LogP contribution < -0.4 is 4.74 Å². The first-order valence-electron chi connectivity index (χ1n) is 5.92. The largest absolute Gasteiger partial charge is 0.462 e. The molecule has 2 rings (SSSR count). The Morgan fingerprint density at radius 3 is 2.22 bits per heavy atom. The van der Waals surface area contributed by atoms with Crippen LogP contribution in [0.25, 0.3) is 0 Å². The van der Waals surface area contributed by atoms with Gasteiger partial charge in [-0.15, -0.1) is 0 Å². The summed E-state index contributed by atoms with van der Waals surface area (Å²) in [5.41, 5.74) is 1.09. The quantitative estimate of drug-likeness (QED) is 0.702. The molecule has 0 radical (unpaired) electrons. The molecule has 0 aliphatic carbocycles. The van der Waals surface area contributed by atoms with Crippen molar-refractivity contribution in [2.24, 2.45) is 0 Å². The van der Waals surface area contributed by atoms with Crippen LogP contribution in [0.3, 0.4) is 0 Å². The highest BCUT2D eigenvalue weighted by atomic mass is 16.7. The molecule has 1 unspecified atom stereocenters. The lowest BCUT2D eigenvalue weighted by atomic mass is 10.00. The lowest BCUT2D eigenvalue weighted by molar-refractivity contribution is -0.268. The first-order valence-corrected chi connectivity index (χ1v) is 5.92. The number of ether oxygens (including phenoxy) is 2. The maximum Gasteiger partial charge on any atom is 0.229 e. The third-order valence-electron chi connectivity index (χ3n) is 3.08. The van der Waals surface area contributed by atoms with Crippen LogP contribution in [0.15, 0.2) is 24.3 Å². The molecule has 1 heterocycles. The van der Waals surface area contributed by atoms with E-state index in [2.05, 4.69) is 0 Å². The molecule has 0 aromatic heterocycles. The Bertz CT molecular complexity index is 391. The average Bonchev–Trinajstić information content (AvgIpc) is 2.36. The minimum atomic E-state index is -1.28. The van der Waals surface area contributed by atoms with E-state index in [9.17, 15) is 15.3 Å². The standard InChI is InChI=1S/C13H18O5/c1-7-3-5-9(6-4-7)18-13-12(16)11(15)10(14)8(2)17-13/h3-6,8,10-16H,1-2H3/t8-,10-,11+,12-,13?/m1/s1. The molecule has 1 saturated heterocycles. The van der Waals surface area contributed by atoms with Crippen LogP contribution in [-0.4, -0.2) is 46.0 Å². The van der Waals surface area contributed by atoms with E-state index in [0.29, 0.717) is 5.75 Å². The van der Waals surface area contributed by atoms with Gasteiger partial charge in [0, 0.05) is 0 Å². The minimum absolute atomic E-state index is 0.542. The molecule has 1 aliphatic rings. The smallest absolute Gasteiger partial charge is 0.229 e. The topological polar surface area (TPSA) is 79.2 Å². The summed E-state index contributed by atoms with van der Waals surface area (Å²) >= 11 is 0. The monoisotopic (exact) mass is 254 g/mol. The van der Waals surface area contributed by atoms with Crippen LogP contribution in [0.5, 0.6) is 5.75 Å². The SMILES string of the molecule is Cc1ccc(OC2O[C@H](C)[C@@H](O)[C@H](O)[C@H]2O)cc1. The van der Waals surface area contributed by atoms with Gasteiger partial charge >= 0.3 is 0 Å². The molecule has 0 amide bonds. The van der Waals surface area contributed by atoms with Crippen molar-refractivity contribution in [1.29, 1.82) is 0 Å². The molecule has 5 nitrogen and oxygen atoms in total. The van der Waals surface area contributed by atoms with Gasteiger partial charge in [-0.2, -0.15) is 0 Å². The number of aliphatic hydroxyl groups is 3. The van der Waals surface area contributed by atoms with E-state index in [1.807, 2.05) is 19.1 Å². The molecule has 0 bridgehead atoms. The van der Waals surface area contributed by atoms with E-state index >= 15 is 0 Å². The number of aliphatic hydroxyl groups excluding tert-OH is 3. The second kappa shape index (κ2) is 5.24. The fourth-order valence-corrected chi connectivity index (χ4v) is 1.86. The van der Waals surface area contributed by atoms with Gasteiger partial charge in [-0.3, -0.25) is 0 Å². The Morgan fingerprint density at radius 1 is 1.00 bits per heavy atom. The Hall–Kier alpha value is -1.14. The highest BCUT2D eigenvalue weighted by Gasteiger charge is 2.43. The van der Waals surface area contributed by atoms with Gasteiger partial charge in [0.15, 0.2) is 0 Å². The Kier molecular flexibility index (Phi) is 3.87. The van der Waals surface area contributed by atoms with Crippen molar-refractivity contribution in [3.05, 3.63) is 29.8 Å². The van der Waals surface area contributed by atoms with Gasteiger partial charge in [0.1, 0.15) is 24.1 Å². The number of aryl methyl sites for hydroxylation is 1. The summed E-state index contributed by atoms with van der Waals surface area (Å²) in [4.78, 5) is 0. The average molecular weight is 254 g/mol. The van der Waals surface area contributed by atoms with Crippen molar-refractivity contribution < 1.29 is 24.8 Å². The van der Waals surface area contributed by atoms with E-state index in [1.54, 1.807) is 19.1 Å². The lowest BCUT2D eigenvalue weighted by Gasteiger charge is -2.38. The van der Waals surface area contributed by atoms with Crippen LogP contribution >= 0.6 is 0 Å². The summed E-state index contributed by atoms with van der Waals surface area (Å²) in [6.45, 7) is 3.57. The molecule has 1 aliphatic heterocycles. The summed E-state index contributed by atoms with van der Waals surface area (Å²) in [6, 6.07) is 7.26. The Morgan fingerprint density at radius 2 is 1.61 bits per heavy atom. The molecule has 0 saturated carbocycles. The third kappa shape index (κ3) is 2.64. The van der Waals surface area contributed by atoms with Crippen molar-refractivity contribution in [2.75, 3.05) is 0 Å². The van der Waals surface area contributed by atoms with Crippen molar-refractivity contribution >= 4 is 0 Å². The summed E-state index contributed by atoms with van der Waals surface area (Å²) in [6.07, 6.45) is -5.25. The second-order valence-electron chi connectivity index (χ2n) is 4.61. The fraction of sp³-hybridized carbons (Fsp3) is 0.538. The van der Waals surface area contributed by atoms with E-state index < -0.39 is 30.7 Å². The van der Waals surface area contributed by atoms with Crippen molar-refractivity contribution in [2.45, 2.75) is 44.6 Å². The molecule has 1 fully saturated rings. The van der Waals surface area contributed by atoms with Crippen LogP contribution in [0.4, 0.5) is 0 Å². The third-order valence-corrected chi connectivity index (χ3v) is 3.08. The van der Waals surface area contributed by atoms with Gasteiger partial charge in [0.05, 0.1) is 6.10 Å². The van der Waals surface area contributed by atoms with Crippen LogP contribution in [-0.2, 0) is 4.74 Å². The van der Waals surface area contributed by atoms with Gasteiger partial charge in [-0.25, -0.2) is 0 Å². The maximum absolute atomic E-state index is 9.78. The highest BCUT2D eigenvalue weighted by molar-refractivity contribution is 5.26. The predicted molar refractivity (Wildman–Crippen MR) is 64.2 cm³/mol. The number of rotatable bonds is 2. The van der Waals surface area contributed by atoms with Crippen molar-refractivity contribution in [3.8, 4) is 5.75 Å². The number of hydrogen-bond donors (Lipinski definition) is 3. The number of hydrogen-bond acceptors (Lipinski definition) is 5. The lowest BCUT2D eigenvalue weighted by Crippen LogP contribution is -2.58. The molecule has 0 spiro atoms. The minimum Gasteiger partial charge on any atom is -0.462 e. The zero-order chi connectivity index (χ0) is 13.3. The van der Waals surface area contributed by atoms with Gasteiger partial charge in [0.25, 0.3) is 0 Å². The summed E-state index contributed by atoms with van der Waals surface area (Å²) in [7, 11) is 0. The molecule has 18 heavy (non-hydrogen) atoms. The van der Waals surface area contributed by atoms with Crippen LogP contribution in [0.2, 0.25) is 0 Å². The van der Waals surface area contributed by atoms with E-state index in [-0.39, 0.29) is 0 Å². The summed E-state index contributed by atoms with van der Waals surface area (Å²) < 4.78 is 10.8. The van der Waals surface area contributed by atoms with Gasteiger partial charge in [0.2, 0.25) is 6.29 Å². The predicted octanol–water partition coefficient (Wildman–Crippen LogP) is 0.201. The second-order valence-corrected chi connectivity index (χ2v) is 4.61. The summed E-state index contributed by atoms with van der Waals surface area (Å²) in [5, 5.41) is 29.0. The van der Waals surface area contributed by atoms with Crippen LogP contribution in [0, 0.1) is 6.92 Å². The summed E-state index contributed by atoms with van der Waals surface area (Å²) in [5.74, 6) is 0.542. The molecular formula is C13H18O5. The first-order chi connectivity index (χ1) is 8.49. The molecule has 1 aromatic rings. The van der Waals surface area contributed by atoms with Gasteiger partial charge in [-0.1, -0.05) is 17.7 Å². The molecule has 3 N–H and O–H groups in total. The zero-order valence-electron chi connectivity index (χ0n) is 10.4.